The molecule has 172 valence electrons. The lowest BCUT2D eigenvalue weighted by molar-refractivity contribution is 0.241. The van der Waals surface area contributed by atoms with Crippen molar-refractivity contribution in [2.24, 2.45) is 5.73 Å². The molecule has 2 N–H and O–H groups in total. The van der Waals surface area contributed by atoms with E-state index in [1.807, 2.05) is 62.4 Å². The Morgan fingerprint density at radius 3 is 2.59 bits per heavy atom. The normalized spacial score (nSPS) is 12.0. The van der Waals surface area contributed by atoms with Crippen LogP contribution in [0.2, 0.25) is 0 Å². The largest absolute Gasteiger partial charge is 0.490 e. The van der Waals surface area contributed by atoms with Gasteiger partial charge in [-0.25, -0.2) is 0 Å². The van der Waals surface area contributed by atoms with Crippen LogP contribution in [0.3, 0.4) is 0 Å². The fourth-order valence-corrected chi connectivity index (χ4v) is 4.00. The van der Waals surface area contributed by atoms with Gasteiger partial charge in [-0.2, -0.15) is 10.2 Å². The van der Waals surface area contributed by atoms with Gasteiger partial charge in [-0.15, -0.1) is 0 Å². The highest BCUT2D eigenvalue weighted by Crippen LogP contribution is 2.32. The van der Waals surface area contributed by atoms with E-state index in [-0.39, 0.29) is 6.10 Å². The van der Waals surface area contributed by atoms with Gasteiger partial charge in [0.05, 0.1) is 11.7 Å². The molecule has 0 radical (unpaired) electrons. The average Bonchev–Trinajstić information content (AvgIpc) is 3.55. The van der Waals surface area contributed by atoms with Crippen molar-refractivity contribution in [3.05, 3.63) is 89.0 Å². The highest BCUT2D eigenvalue weighted by atomic mass is 16.5. The van der Waals surface area contributed by atoms with Crippen molar-refractivity contribution >= 4 is 0 Å². The van der Waals surface area contributed by atoms with Crippen LogP contribution in [-0.4, -0.2) is 16.2 Å². The van der Waals surface area contributed by atoms with Crippen LogP contribution in [0.1, 0.15) is 42.5 Å². The summed E-state index contributed by atoms with van der Waals surface area (Å²) >= 11 is 0. The predicted molar refractivity (Wildman–Crippen MR) is 132 cm³/mol. The number of nitriles is 1. The van der Waals surface area contributed by atoms with Crippen LogP contribution in [0.25, 0.3) is 22.8 Å². The lowest BCUT2D eigenvalue weighted by atomic mass is 10.0. The Morgan fingerprint density at radius 1 is 1.06 bits per heavy atom. The quantitative estimate of drug-likeness (QED) is 0.417. The topological polar surface area (TPSA) is 98.0 Å². The summed E-state index contributed by atoms with van der Waals surface area (Å²) in [6.07, 6.45) is 3.33. The van der Waals surface area contributed by atoms with Gasteiger partial charge in [-0.1, -0.05) is 53.7 Å². The molecule has 4 aromatic rings. The van der Waals surface area contributed by atoms with Gasteiger partial charge < -0.3 is 15.0 Å². The third-order valence-corrected chi connectivity index (χ3v) is 5.60. The Morgan fingerprint density at radius 2 is 1.88 bits per heavy atom. The van der Waals surface area contributed by atoms with Gasteiger partial charge in [0, 0.05) is 17.7 Å². The Balaban J connectivity index is 0.000000291. The van der Waals surface area contributed by atoms with E-state index in [0.717, 1.165) is 18.4 Å². The first-order valence-corrected chi connectivity index (χ1v) is 11.5. The first-order chi connectivity index (χ1) is 16.6. The molecule has 1 heterocycles. The number of hydrogen-bond acceptors (Lipinski definition) is 6. The number of nitrogens with two attached hydrogens (primary N) is 1. The predicted octanol–water partition coefficient (Wildman–Crippen LogP) is 5.70. The standard InChI is InChI=1S/C21H19N3O2.C7H9N/c1-13(2)25-19-10-9-15(11-16(19)12-22)21-23-20(24-26-21)18-8-4-6-14-5-3-7-17(14)18;8-6-7-4-2-1-3-5-7/h4,6,8-11,13H,3,5,7H2,1-2H3;1-5H,6,8H2. The van der Waals surface area contributed by atoms with Crippen molar-refractivity contribution in [2.45, 2.75) is 45.8 Å². The number of hydrogen-bond donors (Lipinski definition) is 1. The first-order valence-electron chi connectivity index (χ1n) is 11.5. The van der Waals surface area contributed by atoms with Gasteiger partial charge >= 0.3 is 0 Å². The maximum Gasteiger partial charge on any atom is 0.258 e. The molecule has 0 bridgehead atoms. The van der Waals surface area contributed by atoms with Gasteiger partial charge in [0.1, 0.15) is 11.8 Å². The zero-order valence-electron chi connectivity index (χ0n) is 19.5. The number of aromatic nitrogens is 2. The summed E-state index contributed by atoms with van der Waals surface area (Å²) in [4.78, 5) is 4.57. The molecule has 1 aliphatic carbocycles. The molecule has 0 aliphatic heterocycles. The Hall–Kier alpha value is -3.95. The van der Waals surface area contributed by atoms with Crippen LogP contribution >= 0.6 is 0 Å². The van der Waals surface area contributed by atoms with Gasteiger partial charge in [-0.05, 0) is 68.0 Å². The maximum absolute atomic E-state index is 9.40. The minimum absolute atomic E-state index is 0.00290. The molecule has 0 spiro atoms. The smallest absolute Gasteiger partial charge is 0.258 e. The van der Waals surface area contributed by atoms with Crippen molar-refractivity contribution in [3.8, 4) is 34.7 Å². The molecule has 6 heteroatoms. The number of aryl methyl sites for hydroxylation is 1. The average molecular weight is 453 g/mol. The summed E-state index contributed by atoms with van der Waals surface area (Å²) in [5.74, 6) is 1.56. The Kier molecular flexibility index (Phi) is 7.36. The molecule has 1 aromatic heterocycles. The van der Waals surface area contributed by atoms with Crippen molar-refractivity contribution in [2.75, 3.05) is 0 Å². The van der Waals surface area contributed by atoms with E-state index in [1.165, 1.54) is 23.1 Å². The number of rotatable bonds is 5. The lowest BCUT2D eigenvalue weighted by Crippen LogP contribution is -2.06. The number of benzene rings is 3. The fourth-order valence-electron chi connectivity index (χ4n) is 4.00. The molecule has 0 amide bonds. The highest BCUT2D eigenvalue weighted by molar-refractivity contribution is 5.66. The minimum atomic E-state index is 0.00290. The molecule has 0 unspecified atom stereocenters. The molecule has 0 saturated carbocycles. The second-order valence-electron chi connectivity index (χ2n) is 8.40. The van der Waals surface area contributed by atoms with Crippen LogP contribution in [0.4, 0.5) is 0 Å². The molecule has 1 aliphatic rings. The highest BCUT2D eigenvalue weighted by Gasteiger charge is 2.20. The van der Waals surface area contributed by atoms with E-state index >= 15 is 0 Å². The molecule has 0 atom stereocenters. The van der Waals surface area contributed by atoms with Gasteiger partial charge in [0.25, 0.3) is 5.89 Å². The fraction of sp³-hybridized carbons (Fsp3) is 0.250. The van der Waals surface area contributed by atoms with E-state index in [2.05, 4.69) is 22.3 Å². The summed E-state index contributed by atoms with van der Waals surface area (Å²) in [7, 11) is 0. The first kappa shape index (κ1) is 23.2. The SMILES string of the molecule is CC(C)Oc1ccc(-c2nc(-c3cccc4c3CCC4)no2)cc1C#N.NCc1ccccc1. The van der Waals surface area contributed by atoms with Gasteiger partial charge in [-0.3, -0.25) is 0 Å². The zero-order valence-corrected chi connectivity index (χ0v) is 19.5. The van der Waals surface area contributed by atoms with Gasteiger partial charge in [0.15, 0.2) is 0 Å². The van der Waals surface area contributed by atoms with Crippen LogP contribution < -0.4 is 10.5 Å². The monoisotopic (exact) mass is 452 g/mol. The summed E-state index contributed by atoms with van der Waals surface area (Å²) < 4.78 is 11.1. The van der Waals surface area contributed by atoms with E-state index in [4.69, 9.17) is 15.0 Å². The van der Waals surface area contributed by atoms with E-state index in [0.29, 0.717) is 35.1 Å². The van der Waals surface area contributed by atoms with E-state index < -0.39 is 0 Å². The van der Waals surface area contributed by atoms with Crippen molar-refractivity contribution < 1.29 is 9.26 Å². The minimum Gasteiger partial charge on any atom is -0.490 e. The molecule has 0 fully saturated rings. The Bertz CT molecular complexity index is 1290. The number of fused-ring (bicyclic) bond motifs is 1. The lowest BCUT2D eigenvalue weighted by Gasteiger charge is -2.11. The maximum atomic E-state index is 9.40. The second kappa shape index (κ2) is 10.8. The second-order valence-corrected chi connectivity index (χ2v) is 8.40. The number of ether oxygens (including phenoxy) is 1. The van der Waals surface area contributed by atoms with Gasteiger partial charge in [0.2, 0.25) is 5.82 Å². The summed E-state index contributed by atoms with van der Waals surface area (Å²) in [5, 5.41) is 13.6. The zero-order chi connectivity index (χ0) is 23.9. The van der Waals surface area contributed by atoms with Crippen LogP contribution in [0.5, 0.6) is 5.75 Å². The molecular formula is C28H28N4O2. The van der Waals surface area contributed by atoms with Crippen LogP contribution in [-0.2, 0) is 19.4 Å². The molecule has 0 saturated heterocycles. The third kappa shape index (κ3) is 5.33. The molecular weight excluding hydrogens is 424 g/mol. The van der Waals surface area contributed by atoms with Crippen molar-refractivity contribution in [1.29, 1.82) is 5.26 Å². The molecule has 3 aromatic carbocycles. The van der Waals surface area contributed by atoms with E-state index in [9.17, 15) is 5.26 Å². The molecule has 5 rings (SSSR count). The third-order valence-electron chi connectivity index (χ3n) is 5.60. The number of nitrogens with zero attached hydrogens (tertiary/aromatic N) is 3. The summed E-state index contributed by atoms with van der Waals surface area (Å²) in [6.45, 7) is 4.50. The Labute approximate surface area is 200 Å². The molecule has 6 nitrogen and oxygen atoms in total. The van der Waals surface area contributed by atoms with Crippen molar-refractivity contribution in [1.82, 2.24) is 10.1 Å². The molecule has 34 heavy (non-hydrogen) atoms. The summed E-state index contributed by atoms with van der Waals surface area (Å²) in [5.41, 5.74) is 11.4. The van der Waals surface area contributed by atoms with Crippen LogP contribution in [0, 0.1) is 11.3 Å². The summed E-state index contributed by atoms with van der Waals surface area (Å²) in [6, 6.07) is 23.7. The van der Waals surface area contributed by atoms with Crippen molar-refractivity contribution in [3.63, 3.8) is 0 Å². The van der Waals surface area contributed by atoms with Crippen LogP contribution in [0.15, 0.2) is 71.3 Å². The van der Waals surface area contributed by atoms with E-state index in [1.54, 1.807) is 12.1 Å².